The first-order chi connectivity index (χ1) is 6.63. The fourth-order valence-corrected chi connectivity index (χ4v) is 1.47. The third kappa shape index (κ3) is 3.04. The lowest BCUT2D eigenvalue weighted by atomic mass is 10.1. The van der Waals surface area contributed by atoms with Crippen LogP contribution in [0.15, 0.2) is 18.2 Å². The molecule has 0 aliphatic carbocycles. The summed E-state index contributed by atoms with van der Waals surface area (Å²) >= 11 is 0. The van der Waals surface area contributed by atoms with Crippen molar-refractivity contribution in [3.8, 4) is 0 Å². The number of benzene rings is 1. The average Bonchev–Trinajstić information content (AvgIpc) is 2.15. The average molecular weight is 193 g/mol. The second-order valence-corrected chi connectivity index (χ2v) is 3.72. The molecule has 0 radical (unpaired) electrons. The second kappa shape index (κ2) is 5.01. The molecule has 2 nitrogen and oxygen atoms in total. The molecule has 2 N–H and O–H groups in total. The van der Waals surface area contributed by atoms with Gasteiger partial charge in [0, 0.05) is 12.2 Å². The zero-order chi connectivity index (χ0) is 10.6. The second-order valence-electron chi connectivity index (χ2n) is 3.72. The van der Waals surface area contributed by atoms with E-state index in [1.54, 1.807) is 6.92 Å². The number of nitrogens with one attached hydrogen (secondary N) is 1. The maximum Gasteiger partial charge on any atom is 0.0684 e. The maximum atomic E-state index is 9.12. The van der Waals surface area contributed by atoms with Crippen LogP contribution < -0.4 is 5.32 Å². The van der Waals surface area contributed by atoms with Gasteiger partial charge in [0.1, 0.15) is 0 Å². The van der Waals surface area contributed by atoms with Crippen molar-refractivity contribution in [2.24, 2.45) is 0 Å². The van der Waals surface area contributed by atoms with E-state index in [0.29, 0.717) is 6.54 Å². The van der Waals surface area contributed by atoms with Gasteiger partial charge in [0.25, 0.3) is 0 Å². The number of anilines is 1. The Hall–Kier alpha value is -1.02. The molecule has 2 heteroatoms. The minimum atomic E-state index is -0.304. The first-order valence-corrected chi connectivity index (χ1v) is 5.15. The van der Waals surface area contributed by atoms with E-state index in [4.69, 9.17) is 5.11 Å². The van der Waals surface area contributed by atoms with Crippen LogP contribution in [-0.4, -0.2) is 17.8 Å². The molecule has 0 aliphatic rings. The third-order valence-electron chi connectivity index (χ3n) is 2.33. The molecule has 0 bridgehead atoms. The van der Waals surface area contributed by atoms with Crippen molar-refractivity contribution >= 4 is 5.69 Å². The third-order valence-corrected chi connectivity index (χ3v) is 2.33. The van der Waals surface area contributed by atoms with Crippen molar-refractivity contribution in [1.82, 2.24) is 0 Å². The smallest absolute Gasteiger partial charge is 0.0684 e. The standard InChI is InChI=1S/C12H19NO/c1-4-11-5-6-12(7-9(11)2)13-8-10(3)14/h5-7,10,13-14H,4,8H2,1-3H3/t10-/m1/s1. The molecule has 0 amide bonds. The van der Waals surface area contributed by atoms with Crippen LogP contribution in [0.5, 0.6) is 0 Å². The Morgan fingerprint density at radius 3 is 2.64 bits per heavy atom. The summed E-state index contributed by atoms with van der Waals surface area (Å²) in [5, 5.41) is 12.3. The minimum Gasteiger partial charge on any atom is -0.392 e. The van der Waals surface area contributed by atoms with Crippen LogP contribution >= 0.6 is 0 Å². The van der Waals surface area contributed by atoms with Gasteiger partial charge in [-0.3, -0.25) is 0 Å². The summed E-state index contributed by atoms with van der Waals surface area (Å²) in [4.78, 5) is 0. The molecular weight excluding hydrogens is 174 g/mol. The van der Waals surface area contributed by atoms with E-state index in [2.05, 4.69) is 37.4 Å². The summed E-state index contributed by atoms with van der Waals surface area (Å²) in [6, 6.07) is 6.33. The molecule has 0 fully saturated rings. The first kappa shape index (κ1) is 11.1. The number of hydrogen-bond acceptors (Lipinski definition) is 2. The topological polar surface area (TPSA) is 32.3 Å². The molecule has 0 spiro atoms. The molecule has 0 heterocycles. The number of rotatable bonds is 4. The summed E-state index contributed by atoms with van der Waals surface area (Å²) in [6.07, 6.45) is 0.767. The van der Waals surface area contributed by atoms with Crippen molar-refractivity contribution in [3.05, 3.63) is 29.3 Å². The summed E-state index contributed by atoms with van der Waals surface area (Å²) < 4.78 is 0. The molecule has 0 unspecified atom stereocenters. The highest BCUT2D eigenvalue weighted by atomic mass is 16.3. The van der Waals surface area contributed by atoms with E-state index < -0.39 is 0 Å². The molecule has 1 aromatic rings. The van der Waals surface area contributed by atoms with Gasteiger partial charge in [-0.05, 0) is 43.5 Å². The van der Waals surface area contributed by atoms with Gasteiger partial charge in [0.05, 0.1) is 6.10 Å². The molecule has 0 aliphatic heterocycles. The van der Waals surface area contributed by atoms with Gasteiger partial charge in [0.15, 0.2) is 0 Å². The molecule has 14 heavy (non-hydrogen) atoms. The van der Waals surface area contributed by atoms with E-state index in [1.807, 2.05) is 0 Å². The zero-order valence-corrected chi connectivity index (χ0v) is 9.17. The Morgan fingerprint density at radius 1 is 1.43 bits per heavy atom. The molecule has 0 saturated carbocycles. The number of aryl methyl sites for hydroxylation is 2. The lowest BCUT2D eigenvalue weighted by Gasteiger charge is -2.10. The maximum absolute atomic E-state index is 9.12. The van der Waals surface area contributed by atoms with Crippen LogP contribution in [0, 0.1) is 6.92 Å². The van der Waals surface area contributed by atoms with Crippen LogP contribution in [0.1, 0.15) is 25.0 Å². The van der Waals surface area contributed by atoms with Gasteiger partial charge < -0.3 is 10.4 Å². The number of aliphatic hydroxyl groups excluding tert-OH is 1. The highest BCUT2D eigenvalue weighted by Gasteiger charge is 1.99. The van der Waals surface area contributed by atoms with Crippen LogP contribution in [0.3, 0.4) is 0 Å². The lowest BCUT2D eigenvalue weighted by molar-refractivity contribution is 0.208. The number of hydrogen-bond donors (Lipinski definition) is 2. The van der Waals surface area contributed by atoms with E-state index in [9.17, 15) is 0 Å². The molecule has 1 aromatic carbocycles. The van der Waals surface area contributed by atoms with E-state index >= 15 is 0 Å². The van der Waals surface area contributed by atoms with Crippen molar-refractivity contribution in [2.75, 3.05) is 11.9 Å². The van der Waals surface area contributed by atoms with Gasteiger partial charge in [0.2, 0.25) is 0 Å². The molecule has 0 aromatic heterocycles. The number of aliphatic hydroxyl groups is 1. The van der Waals surface area contributed by atoms with Gasteiger partial charge in [-0.1, -0.05) is 13.0 Å². The largest absolute Gasteiger partial charge is 0.392 e. The first-order valence-electron chi connectivity index (χ1n) is 5.15. The van der Waals surface area contributed by atoms with Gasteiger partial charge in [-0.25, -0.2) is 0 Å². The highest BCUT2D eigenvalue weighted by molar-refractivity contribution is 5.48. The van der Waals surface area contributed by atoms with E-state index in [0.717, 1.165) is 12.1 Å². The highest BCUT2D eigenvalue weighted by Crippen LogP contribution is 2.15. The summed E-state index contributed by atoms with van der Waals surface area (Å²) in [5.74, 6) is 0. The Morgan fingerprint density at radius 2 is 2.14 bits per heavy atom. The molecular formula is C12H19NO. The van der Waals surface area contributed by atoms with Gasteiger partial charge in [-0.2, -0.15) is 0 Å². The van der Waals surface area contributed by atoms with Crippen molar-refractivity contribution in [2.45, 2.75) is 33.3 Å². The fourth-order valence-electron chi connectivity index (χ4n) is 1.47. The molecule has 0 saturated heterocycles. The Kier molecular flexibility index (Phi) is 3.96. The predicted molar refractivity (Wildman–Crippen MR) is 60.7 cm³/mol. The molecule has 1 atom stereocenters. The van der Waals surface area contributed by atoms with E-state index in [-0.39, 0.29) is 6.10 Å². The minimum absolute atomic E-state index is 0.304. The normalized spacial score (nSPS) is 12.6. The summed E-state index contributed by atoms with van der Waals surface area (Å²) in [5.41, 5.74) is 3.77. The van der Waals surface area contributed by atoms with Crippen LogP contribution in [0.4, 0.5) is 5.69 Å². The molecule has 78 valence electrons. The van der Waals surface area contributed by atoms with Crippen LogP contribution in [-0.2, 0) is 6.42 Å². The van der Waals surface area contributed by atoms with Gasteiger partial charge in [-0.15, -0.1) is 0 Å². The van der Waals surface area contributed by atoms with E-state index in [1.165, 1.54) is 11.1 Å². The quantitative estimate of drug-likeness (QED) is 0.769. The Labute approximate surface area is 86.0 Å². The lowest BCUT2D eigenvalue weighted by Crippen LogP contribution is -2.15. The Balaban J connectivity index is 2.66. The Bertz CT molecular complexity index is 294. The monoisotopic (exact) mass is 193 g/mol. The van der Waals surface area contributed by atoms with Crippen LogP contribution in [0.2, 0.25) is 0 Å². The van der Waals surface area contributed by atoms with Crippen molar-refractivity contribution in [3.63, 3.8) is 0 Å². The molecule has 1 rings (SSSR count). The van der Waals surface area contributed by atoms with Crippen LogP contribution in [0.25, 0.3) is 0 Å². The SMILES string of the molecule is CCc1ccc(NC[C@@H](C)O)cc1C. The van der Waals surface area contributed by atoms with Crippen molar-refractivity contribution in [1.29, 1.82) is 0 Å². The fraction of sp³-hybridized carbons (Fsp3) is 0.500. The van der Waals surface area contributed by atoms with Gasteiger partial charge >= 0.3 is 0 Å². The zero-order valence-electron chi connectivity index (χ0n) is 9.17. The summed E-state index contributed by atoms with van der Waals surface area (Å²) in [7, 11) is 0. The summed E-state index contributed by atoms with van der Waals surface area (Å²) in [6.45, 7) is 6.66. The predicted octanol–water partition coefficient (Wildman–Crippen LogP) is 2.35. The van der Waals surface area contributed by atoms with Crippen molar-refractivity contribution < 1.29 is 5.11 Å².